The second kappa shape index (κ2) is 6.43. The minimum atomic E-state index is 0.193. The average molecular weight is 286 g/mol. The van der Waals surface area contributed by atoms with Crippen LogP contribution in [-0.4, -0.2) is 30.5 Å². The highest BCUT2D eigenvalue weighted by Crippen LogP contribution is 2.31. The number of nitrogens with two attached hydrogens (primary N) is 1. The Morgan fingerprint density at radius 3 is 2.71 bits per heavy atom. The van der Waals surface area contributed by atoms with Crippen LogP contribution in [0.4, 0.5) is 5.82 Å². The lowest BCUT2D eigenvalue weighted by Gasteiger charge is -2.29. The molecule has 0 aliphatic rings. The lowest BCUT2D eigenvalue weighted by molar-refractivity contribution is 0.420. The Labute approximate surface area is 125 Å². The molecule has 21 heavy (non-hydrogen) atoms. The Balaban J connectivity index is 2.50. The normalized spacial score (nSPS) is 10.9. The third-order valence-electron chi connectivity index (χ3n) is 3.48. The van der Waals surface area contributed by atoms with Crippen molar-refractivity contribution in [1.82, 2.24) is 4.98 Å². The second-order valence-corrected chi connectivity index (χ2v) is 5.25. The maximum absolute atomic E-state index is 7.43. The molecule has 0 spiro atoms. The summed E-state index contributed by atoms with van der Waals surface area (Å²) < 4.78 is 5.42. The Morgan fingerprint density at radius 2 is 2.10 bits per heavy atom. The van der Waals surface area contributed by atoms with Gasteiger partial charge in [-0.3, -0.25) is 5.41 Å². The lowest BCUT2D eigenvalue weighted by Crippen LogP contribution is -2.34. The topological polar surface area (TPSA) is 75.2 Å². The van der Waals surface area contributed by atoms with Gasteiger partial charge in [0.05, 0.1) is 12.9 Å². The van der Waals surface area contributed by atoms with E-state index in [0.29, 0.717) is 13.0 Å². The number of fused-ring (bicyclic) bond motifs is 1. The van der Waals surface area contributed by atoms with E-state index >= 15 is 0 Å². The molecule has 2 aromatic rings. The van der Waals surface area contributed by atoms with E-state index in [0.717, 1.165) is 22.3 Å². The molecule has 0 aliphatic heterocycles. The van der Waals surface area contributed by atoms with Crippen molar-refractivity contribution in [3.05, 3.63) is 30.5 Å². The van der Waals surface area contributed by atoms with Crippen LogP contribution in [0, 0.1) is 5.41 Å². The lowest BCUT2D eigenvalue weighted by atomic mass is 10.1. The minimum Gasteiger partial charge on any atom is -0.496 e. The number of rotatable bonds is 6. The van der Waals surface area contributed by atoms with Crippen LogP contribution < -0.4 is 15.4 Å². The number of anilines is 1. The highest BCUT2D eigenvalue weighted by atomic mass is 16.5. The minimum absolute atomic E-state index is 0.193. The van der Waals surface area contributed by atoms with Gasteiger partial charge in [0.1, 0.15) is 11.6 Å². The van der Waals surface area contributed by atoms with Gasteiger partial charge in [0, 0.05) is 36.0 Å². The number of pyridine rings is 1. The first-order chi connectivity index (χ1) is 10.0. The van der Waals surface area contributed by atoms with Crippen LogP contribution in [-0.2, 0) is 0 Å². The molecular weight excluding hydrogens is 264 g/mol. The predicted octanol–water partition coefficient (Wildman–Crippen LogP) is 2.78. The van der Waals surface area contributed by atoms with Gasteiger partial charge in [0.2, 0.25) is 0 Å². The van der Waals surface area contributed by atoms with E-state index in [1.54, 1.807) is 13.3 Å². The molecule has 0 fully saturated rings. The van der Waals surface area contributed by atoms with Crippen LogP contribution in [0.25, 0.3) is 10.8 Å². The smallest absolute Gasteiger partial charge is 0.136 e. The molecule has 3 N–H and O–H groups in total. The Kier molecular flexibility index (Phi) is 4.62. The second-order valence-electron chi connectivity index (χ2n) is 5.25. The molecule has 0 atom stereocenters. The van der Waals surface area contributed by atoms with Gasteiger partial charge in [-0.05, 0) is 26.0 Å². The molecule has 0 unspecified atom stereocenters. The zero-order valence-corrected chi connectivity index (χ0v) is 12.8. The number of nitrogens with zero attached hydrogens (tertiary/aromatic N) is 2. The third-order valence-corrected chi connectivity index (χ3v) is 3.48. The fourth-order valence-corrected chi connectivity index (χ4v) is 2.42. The van der Waals surface area contributed by atoms with Crippen LogP contribution in [0.5, 0.6) is 5.75 Å². The summed E-state index contributed by atoms with van der Waals surface area (Å²) in [6, 6.07) is 8.19. The van der Waals surface area contributed by atoms with E-state index < -0.39 is 0 Å². The summed E-state index contributed by atoms with van der Waals surface area (Å²) in [5.41, 5.74) is 5.49. The van der Waals surface area contributed by atoms with Crippen LogP contribution in [0.3, 0.4) is 0 Å². The molecule has 0 saturated carbocycles. The molecule has 0 radical (unpaired) electrons. The predicted molar refractivity (Wildman–Crippen MR) is 87.3 cm³/mol. The van der Waals surface area contributed by atoms with Crippen LogP contribution in [0.2, 0.25) is 0 Å². The number of methoxy groups -OCH3 is 1. The van der Waals surface area contributed by atoms with Gasteiger partial charge < -0.3 is 15.4 Å². The summed E-state index contributed by atoms with van der Waals surface area (Å²) in [6.45, 7) is 4.90. The summed E-state index contributed by atoms with van der Waals surface area (Å²) in [6.07, 6.45) is 2.32. The summed E-state index contributed by atoms with van der Waals surface area (Å²) in [7, 11) is 1.67. The number of hydrogen-bond acceptors (Lipinski definition) is 4. The van der Waals surface area contributed by atoms with Gasteiger partial charge >= 0.3 is 0 Å². The van der Waals surface area contributed by atoms with Gasteiger partial charge in [-0.15, -0.1) is 0 Å². The van der Waals surface area contributed by atoms with Crippen molar-refractivity contribution in [2.24, 2.45) is 5.73 Å². The van der Waals surface area contributed by atoms with Crippen LogP contribution in [0.1, 0.15) is 20.3 Å². The summed E-state index contributed by atoms with van der Waals surface area (Å²) in [5.74, 6) is 1.94. The van der Waals surface area contributed by atoms with Crippen molar-refractivity contribution >= 4 is 22.4 Å². The molecule has 112 valence electrons. The van der Waals surface area contributed by atoms with Crippen molar-refractivity contribution < 1.29 is 4.74 Å². The zero-order chi connectivity index (χ0) is 15.4. The van der Waals surface area contributed by atoms with Gasteiger partial charge in [-0.2, -0.15) is 0 Å². The van der Waals surface area contributed by atoms with E-state index in [-0.39, 0.29) is 11.9 Å². The maximum atomic E-state index is 7.43. The Bertz CT molecular complexity index is 639. The van der Waals surface area contributed by atoms with Gasteiger partial charge in [-0.25, -0.2) is 4.98 Å². The van der Waals surface area contributed by atoms with Crippen molar-refractivity contribution in [3.8, 4) is 5.75 Å². The Hall–Kier alpha value is -2.30. The number of ether oxygens (including phenoxy) is 1. The fourth-order valence-electron chi connectivity index (χ4n) is 2.42. The maximum Gasteiger partial charge on any atom is 0.136 e. The quantitative estimate of drug-likeness (QED) is 0.632. The Morgan fingerprint density at radius 1 is 1.33 bits per heavy atom. The molecule has 5 nitrogen and oxygen atoms in total. The number of aromatic nitrogens is 1. The molecule has 2 rings (SSSR count). The molecule has 0 saturated heterocycles. The highest BCUT2D eigenvalue weighted by Gasteiger charge is 2.16. The van der Waals surface area contributed by atoms with Crippen molar-refractivity contribution in [2.45, 2.75) is 26.3 Å². The zero-order valence-electron chi connectivity index (χ0n) is 12.8. The fraction of sp³-hybridized carbons (Fsp3) is 0.375. The van der Waals surface area contributed by atoms with Crippen LogP contribution >= 0.6 is 0 Å². The molecule has 0 amide bonds. The standard InChI is InChI=1S/C16H22N4O/c1-11(2)20(10-8-15(17)18)16-13-5-4-6-14(21-3)12(13)7-9-19-16/h4-7,9,11H,8,10H2,1-3H3,(H3,17,18). The summed E-state index contributed by atoms with van der Waals surface area (Å²) >= 11 is 0. The van der Waals surface area contributed by atoms with Crippen molar-refractivity contribution in [1.29, 1.82) is 5.41 Å². The number of benzene rings is 1. The largest absolute Gasteiger partial charge is 0.496 e. The number of amidine groups is 1. The summed E-state index contributed by atoms with van der Waals surface area (Å²) in [4.78, 5) is 6.71. The molecule has 1 aromatic heterocycles. The SMILES string of the molecule is COc1cccc2c(N(CCC(=N)N)C(C)C)nccc12. The summed E-state index contributed by atoms with van der Waals surface area (Å²) in [5, 5.41) is 9.52. The van der Waals surface area contributed by atoms with E-state index in [9.17, 15) is 0 Å². The van der Waals surface area contributed by atoms with Crippen molar-refractivity contribution in [2.75, 3.05) is 18.6 Å². The molecule has 1 heterocycles. The number of nitrogens with one attached hydrogen (secondary N) is 1. The molecule has 5 heteroatoms. The van der Waals surface area contributed by atoms with Crippen LogP contribution in [0.15, 0.2) is 30.5 Å². The number of hydrogen-bond donors (Lipinski definition) is 2. The molecule has 0 aliphatic carbocycles. The molecular formula is C16H22N4O. The monoisotopic (exact) mass is 286 g/mol. The van der Waals surface area contributed by atoms with Gasteiger partial charge in [0.15, 0.2) is 0 Å². The third kappa shape index (κ3) is 3.24. The highest BCUT2D eigenvalue weighted by molar-refractivity contribution is 5.96. The molecule has 0 bridgehead atoms. The van der Waals surface area contributed by atoms with Gasteiger partial charge in [0.25, 0.3) is 0 Å². The van der Waals surface area contributed by atoms with Crippen molar-refractivity contribution in [3.63, 3.8) is 0 Å². The van der Waals surface area contributed by atoms with E-state index in [1.807, 2.05) is 24.3 Å². The first kappa shape index (κ1) is 15.1. The van der Waals surface area contributed by atoms with E-state index in [2.05, 4.69) is 23.7 Å². The molecule has 1 aromatic carbocycles. The van der Waals surface area contributed by atoms with E-state index in [1.165, 1.54) is 0 Å². The first-order valence-electron chi connectivity index (χ1n) is 7.06. The average Bonchev–Trinajstić information content (AvgIpc) is 2.46. The van der Waals surface area contributed by atoms with E-state index in [4.69, 9.17) is 15.9 Å². The first-order valence-corrected chi connectivity index (χ1v) is 7.06. The van der Waals surface area contributed by atoms with Gasteiger partial charge in [-0.1, -0.05) is 12.1 Å².